The number of nitrogens with zero attached hydrogens (tertiary/aromatic N) is 2. The molecule has 5 nitrogen and oxygen atoms in total. The number of amides is 1. The van der Waals surface area contributed by atoms with Crippen LogP contribution in [0.5, 0.6) is 0 Å². The SMILES string of the molecule is Cc1cc(CSc2ncccc2C(=O)NCCCSc2ccc(F)cc2)no1. The number of thioether (sulfide) groups is 2. The maximum Gasteiger partial charge on any atom is 0.254 e. The van der Waals surface area contributed by atoms with Crippen LogP contribution >= 0.6 is 23.5 Å². The van der Waals surface area contributed by atoms with Gasteiger partial charge in [-0.3, -0.25) is 4.79 Å². The zero-order valence-electron chi connectivity index (χ0n) is 15.4. The van der Waals surface area contributed by atoms with E-state index in [4.69, 9.17) is 4.52 Å². The molecule has 0 fully saturated rings. The molecule has 146 valence electrons. The van der Waals surface area contributed by atoms with Gasteiger partial charge in [-0.2, -0.15) is 0 Å². The Morgan fingerprint density at radius 1 is 1.21 bits per heavy atom. The van der Waals surface area contributed by atoms with Gasteiger partial charge in [0.1, 0.15) is 16.6 Å². The van der Waals surface area contributed by atoms with Crippen LogP contribution < -0.4 is 5.32 Å². The molecule has 0 aliphatic heterocycles. The van der Waals surface area contributed by atoms with E-state index in [1.165, 1.54) is 23.9 Å². The summed E-state index contributed by atoms with van der Waals surface area (Å²) in [6, 6.07) is 11.8. The average Bonchev–Trinajstić information content (AvgIpc) is 3.13. The largest absolute Gasteiger partial charge is 0.361 e. The fraction of sp³-hybridized carbons (Fsp3) is 0.250. The minimum atomic E-state index is -0.236. The van der Waals surface area contributed by atoms with Crippen LogP contribution in [0.2, 0.25) is 0 Å². The molecule has 0 radical (unpaired) electrons. The number of rotatable bonds is 9. The maximum atomic E-state index is 12.9. The van der Waals surface area contributed by atoms with Crippen molar-refractivity contribution in [2.24, 2.45) is 0 Å². The van der Waals surface area contributed by atoms with E-state index in [2.05, 4.69) is 15.5 Å². The summed E-state index contributed by atoms with van der Waals surface area (Å²) in [5.41, 5.74) is 1.37. The third kappa shape index (κ3) is 6.10. The van der Waals surface area contributed by atoms with Gasteiger partial charge in [-0.05, 0) is 55.5 Å². The first-order valence-corrected chi connectivity index (χ1v) is 10.8. The Morgan fingerprint density at radius 3 is 2.79 bits per heavy atom. The lowest BCUT2D eigenvalue weighted by Gasteiger charge is -2.08. The fourth-order valence-electron chi connectivity index (χ4n) is 2.40. The molecule has 3 rings (SSSR count). The van der Waals surface area contributed by atoms with Crippen molar-refractivity contribution in [3.05, 3.63) is 71.5 Å². The number of nitrogens with one attached hydrogen (secondary N) is 1. The summed E-state index contributed by atoms with van der Waals surface area (Å²) in [6.45, 7) is 2.41. The van der Waals surface area contributed by atoms with E-state index < -0.39 is 0 Å². The van der Waals surface area contributed by atoms with Gasteiger partial charge in [0, 0.05) is 29.5 Å². The Balaban J connectivity index is 1.45. The summed E-state index contributed by atoms with van der Waals surface area (Å²) < 4.78 is 18.0. The Labute approximate surface area is 171 Å². The van der Waals surface area contributed by atoms with Crippen LogP contribution in [0.3, 0.4) is 0 Å². The molecule has 0 aliphatic rings. The number of carbonyl (C=O) groups is 1. The number of hydrogen-bond acceptors (Lipinski definition) is 6. The molecule has 0 saturated heterocycles. The second kappa shape index (κ2) is 10.3. The van der Waals surface area contributed by atoms with Gasteiger partial charge >= 0.3 is 0 Å². The first kappa shape index (κ1) is 20.4. The first-order chi connectivity index (χ1) is 13.6. The van der Waals surface area contributed by atoms with Crippen molar-refractivity contribution in [2.45, 2.75) is 29.0 Å². The summed E-state index contributed by atoms with van der Waals surface area (Å²) in [5, 5.41) is 7.56. The van der Waals surface area contributed by atoms with Crippen molar-refractivity contribution in [3.8, 4) is 0 Å². The number of halogens is 1. The van der Waals surface area contributed by atoms with Gasteiger partial charge in [0.25, 0.3) is 5.91 Å². The molecule has 0 aliphatic carbocycles. The van der Waals surface area contributed by atoms with Crippen LogP contribution in [0.25, 0.3) is 0 Å². The van der Waals surface area contributed by atoms with Crippen LogP contribution in [-0.4, -0.2) is 28.3 Å². The van der Waals surface area contributed by atoms with E-state index in [1.54, 1.807) is 42.2 Å². The number of benzene rings is 1. The van der Waals surface area contributed by atoms with Crippen LogP contribution in [0.1, 0.15) is 28.2 Å². The summed E-state index contributed by atoms with van der Waals surface area (Å²) in [5.74, 6) is 1.81. The maximum absolute atomic E-state index is 12.9. The molecule has 0 bridgehead atoms. The summed E-state index contributed by atoms with van der Waals surface area (Å²) in [4.78, 5) is 17.8. The zero-order valence-corrected chi connectivity index (χ0v) is 17.0. The summed E-state index contributed by atoms with van der Waals surface area (Å²) in [6.07, 6.45) is 2.49. The van der Waals surface area contributed by atoms with Crippen LogP contribution in [0.4, 0.5) is 4.39 Å². The van der Waals surface area contributed by atoms with Crippen LogP contribution in [-0.2, 0) is 5.75 Å². The van der Waals surface area contributed by atoms with Gasteiger partial charge in [-0.1, -0.05) is 16.9 Å². The molecule has 0 unspecified atom stereocenters. The molecule has 0 atom stereocenters. The Bertz CT molecular complexity index is 916. The smallest absolute Gasteiger partial charge is 0.254 e. The van der Waals surface area contributed by atoms with E-state index in [1.807, 2.05) is 13.0 Å². The highest BCUT2D eigenvalue weighted by Crippen LogP contribution is 2.24. The van der Waals surface area contributed by atoms with Gasteiger partial charge in [-0.25, -0.2) is 9.37 Å². The lowest BCUT2D eigenvalue weighted by Crippen LogP contribution is -2.25. The third-order valence-electron chi connectivity index (χ3n) is 3.74. The lowest BCUT2D eigenvalue weighted by molar-refractivity contribution is 0.0950. The molecule has 1 aromatic carbocycles. The standard InChI is InChI=1S/C20H20FN3O2S2/c1-14-12-16(24-26-14)13-28-20-18(4-2-9-23-20)19(25)22-10-3-11-27-17-7-5-15(21)6-8-17/h2,4-9,12H,3,10-11,13H2,1H3,(H,22,25). The molecular weight excluding hydrogens is 397 g/mol. The normalized spacial score (nSPS) is 10.8. The quantitative estimate of drug-likeness (QED) is 0.401. The predicted octanol–water partition coefficient (Wildman–Crippen LogP) is 4.72. The van der Waals surface area contributed by atoms with E-state index in [0.29, 0.717) is 22.9 Å². The summed E-state index contributed by atoms with van der Waals surface area (Å²) >= 11 is 3.09. The highest BCUT2D eigenvalue weighted by Gasteiger charge is 2.13. The molecule has 1 N–H and O–H groups in total. The monoisotopic (exact) mass is 417 g/mol. The zero-order chi connectivity index (χ0) is 19.8. The Kier molecular flexibility index (Phi) is 7.50. The molecule has 1 amide bonds. The minimum Gasteiger partial charge on any atom is -0.361 e. The van der Waals surface area contributed by atoms with E-state index in [9.17, 15) is 9.18 Å². The van der Waals surface area contributed by atoms with E-state index >= 15 is 0 Å². The minimum absolute atomic E-state index is 0.140. The van der Waals surface area contributed by atoms with Crippen molar-refractivity contribution >= 4 is 29.4 Å². The lowest BCUT2D eigenvalue weighted by atomic mass is 10.2. The number of pyridine rings is 1. The molecule has 0 saturated carbocycles. The van der Waals surface area contributed by atoms with E-state index in [0.717, 1.165) is 28.5 Å². The fourth-order valence-corrected chi connectivity index (χ4v) is 4.12. The third-order valence-corrected chi connectivity index (χ3v) is 5.88. The van der Waals surface area contributed by atoms with Gasteiger partial charge in [0.05, 0.1) is 11.3 Å². The second-order valence-corrected chi connectivity index (χ2v) is 8.12. The van der Waals surface area contributed by atoms with Crippen LogP contribution in [0, 0.1) is 12.7 Å². The van der Waals surface area contributed by atoms with Crippen molar-refractivity contribution < 1.29 is 13.7 Å². The van der Waals surface area contributed by atoms with Crippen LogP contribution in [0.15, 0.2) is 63.1 Å². The molecule has 28 heavy (non-hydrogen) atoms. The molecular formula is C20H20FN3O2S2. The van der Waals surface area contributed by atoms with Gasteiger partial charge in [0.2, 0.25) is 0 Å². The molecule has 0 spiro atoms. The van der Waals surface area contributed by atoms with Crippen molar-refractivity contribution in [1.29, 1.82) is 0 Å². The van der Waals surface area contributed by atoms with E-state index in [-0.39, 0.29) is 11.7 Å². The predicted molar refractivity (Wildman–Crippen MR) is 109 cm³/mol. The second-order valence-electron chi connectivity index (χ2n) is 5.99. The molecule has 8 heteroatoms. The topological polar surface area (TPSA) is 68.0 Å². The number of carbonyl (C=O) groups excluding carboxylic acids is 1. The Morgan fingerprint density at radius 2 is 2.04 bits per heavy atom. The number of aromatic nitrogens is 2. The van der Waals surface area contributed by atoms with Gasteiger partial charge < -0.3 is 9.84 Å². The Hall–Kier alpha value is -2.32. The van der Waals surface area contributed by atoms with Crippen molar-refractivity contribution in [1.82, 2.24) is 15.5 Å². The van der Waals surface area contributed by atoms with Gasteiger partial charge in [0.15, 0.2) is 0 Å². The number of aryl methyl sites for hydroxylation is 1. The van der Waals surface area contributed by atoms with Gasteiger partial charge in [-0.15, -0.1) is 11.8 Å². The molecule has 2 aromatic heterocycles. The van der Waals surface area contributed by atoms with Crippen molar-refractivity contribution in [2.75, 3.05) is 12.3 Å². The molecule has 2 heterocycles. The molecule has 3 aromatic rings. The first-order valence-electron chi connectivity index (χ1n) is 8.78. The highest BCUT2D eigenvalue weighted by atomic mass is 32.2. The summed E-state index contributed by atoms with van der Waals surface area (Å²) in [7, 11) is 0. The van der Waals surface area contributed by atoms with Crippen molar-refractivity contribution in [3.63, 3.8) is 0 Å². The highest BCUT2D eigenvalue weighted by molar-refractivity contribution is 7.99. The number of hydrogen-bond donors (Lipinski definition) is 1. The average molecular weight is 418 g/mol.